The Kier molecular flexibility index (Phi) is 4.66. The normalized spacial score (nSPS) is 23.7. The van der Waals surface area contributed by atoms with Gasteiger partial charge >= 0.3 is 0 Å². The molecule has 0 spiro atoms. The van der Waals surface area contributed by atoms with Crippen molar-refractivity contribution in [2.24, 2.45) is 5.92 Å². The number of nitrogens with one attached hydrogen (secondary N) is 1. The van der Waals surface area contributed by atoms with Crippen molar-refractivity contribution in [1.29, 1.82) is 0 Å². The van der Waals surface area contributed by atoms with Crippen LogP contribution < -0.4 is 4.72 Å². The molecular formula is C13H18BrNO3S. The second-order valence-electron chi connectivity index (χ2n) is 5.00. The molecule has 19 heavy (non-hydrogen) atoms. The fraction of sp³-hybridized carbons (Fsp3) is 0.538. The van der Waals surface area contributed by atoms with Gasteiger partial charge in [-0.05, 0) is 53.2 Å². The first-order valence-electron chi connectivity index (χ1n) is 6.34. The van der Waals surface area contributed by atoms with Crippen LogP contribution in [0.25, 0.3) is 0 Å². The van der Waals surface area contributed by atoms with Crippen molar-refractivity contribution >= 4 is 26.0 Å². The van der Waals surface area contributed by atoms with E-state index in [1.54, 1.807) is 12.1 Å². The minimum Gasteiger partial charge on any atom is -0.393 e. The predicted molar refractivity (Wildman–Crippen MR) is 77.4 cm³/mol. The topological polar surface area (TPSA) is 66.4 Å². The van der Waals surface area contributed by atoms with Crippen molar-refractivity contribution in [2.75, 3.05) is 6.54 Å². The molecule has 1 saturated carbocycles. The maximum atomic E-state index is 12.2. The van der Waals surface area contributed by atoms with Crippen LogP contribution in [0.15, 0.2) is 27.6 Å². The van der Waals surface area contributed by atoms with E-state index in [-0.39, 0.29) is 16.9 Å². The molecule has 0 radical (unpaired) electrons. The lowest BCUT2D eigenvalue weighted by molar-refractivity contribution is 0.134. The van der Waals surface area contributed by atoms with Crippen LogP contribution in [0, 0.1) is 12.8 Å². The highest BCUT2D eigenvalue weighted by atomic mass is 79.9. The molecule has 0 bridgehead atoms. The molecule has 1 aromatic rings. The SMILES string of the molecule is Cc1cccc(S(=O)(=O)NCC2CCCC2O)c1Br. The van der Waals surface area contributed by atoms with Crippen molar-refractivity contribution < 1.29 is 13.5 Å². The minimum atomic E-state index is -3.53. The van der Waals surface area contributed by atoms with Gasteiger partial charge in [-0.1, -0.05) is 18.6 Å². The third-order valence-electron chi connectivity index (χ3n) is 3.60. The number of hydrogen-bond acceptors (Lipinski definition) is 3. The average Bonchev–Trinajstić information content (AvgIpc) is 2.76. The van der Waals surface area contributed by atoms with E-state index in [2.05, 4.69) is 20.7 Å². The van der Waals surface area contributed by atoms with Gasteiger partial charge in [-0.3, -0.25) is 0 Å². The van der Waals surface area contributed by atoms with Crippen LogP contribution >= 0.6 is 15.9 Å². The quantitative estimate of drug-likeness (QED) is 0.877. The summed E-state index contributed by atoms with van der Waals surface area (Å²) in [5.41, 5.74) is 0.878. The lowest BCUT2D eigenvalue weighted by atomic mass is 10.1. The molecule has 0 saturated heterocycles. The van der Waals surface area contributed by atoms with Gasteiger partial charge < -0.3 is 5.11 Å². The third-order valence-corrected chi connectivity index (χ3v) is 6.38. The van der Waals surface area contributed by atoms with Gasteiger partial charge in [-0.25, -0.2) is 13.1 Å². The smallest absolute Gasteiger partial charge is 0.241 e. The zero-order valence-electron chi connectivity index (χ0n) is 10.8. The van der Waals surface area contributed by atoms with E-state index in [9.17, 15) is 13.5 Å². The number of aryl methyl sites for hydroxylation is 1. The maximum Gasteiger partial charge on any atom is 0.241 e. The molecular weight excluding hydrogens is 330 g/mol. The molecule has 2 unspecified atom stereocenters. The first-order valence-corrected chi connectivity index (χ1v) is 8.62. The Bertz CT molecular complexity index is 559. The molecule has 1 aliphatic rings. The predicted octanol–water partition coefficient (Wildman–Crippen LogP) is 2.20. The number of hydrogen-bond donors (Lipinski definition) is 2. The highest BCUT2D eigenvalue weighted by Gasteiger charge is 2.27. The van der Waals surface area contributed by atoms with Gasteiger partial charge in [-0.2, -0.15) is 0 Å². The Morgan fingerprint density at radius 1 is 1.42 bits per heavy atom. The van der Waals surface area contributed by atoms with Crippen molar-refractivity contribution in [3.63, 3.8) is 0 Å². The van der Waals surface area contributed by atoms with Crippen LogP contribution in [-0.2, 0) is 10.0 Å². The summed E-state index contributed by atoms with van der Waals surface area (Å²) < 4.78 is 27.7. The Balaban J connectivity index is 2.12. The summed E-state index contributed by atoms with van der Waals surface area (Å²) in [6.07, 6.45) is 2.21. The van der Waals surface area contributed by atoms with E-state index in [1.165, 1.54) is 0 Å². The van der Waals surface area contributed by atoms with E-state index in [4.69, 9.17) is 0 Å². The first-order chi connectivity index (χ1) is 8.92. The molecule has 4 nitrogen and oxygen atoms in total. The number of aliphatic hydroxyl groups excluding tert-OH is 1. The zero-order chi connectivity index (χ0) is 14.0. The van der Waals surface area contributed by atoms with Crippen LogP contribution in [0.1, 0.15) is 24.8 Å². The van der Waals surface area contributed by atoms with E-state index in [0.29, 0.717) is 11.0 Å². The summed E-state index contributed by atoms with van der Waals surface area (Å²) in [5.74, 6) is 0.0263. The van der Waals surface area contributed by atoms with Gasteiger partial charge in [0.05, 0.1) is 11.0 Å². The molecule has 0 heterocycles. The standard InChI is InChI=1S/C13H18BrNO3S/c1-9-4-2-7-12(13(9)14)19(17,18)15-8-10-5-3-6-11(10)16/h2,4,7,10-11,15-16H,3,5-6,8H2,1H3. The second kappa shape index (κ2) is 5.91. The molecule has 1 fully saturated rings. The number of sulfonamides is 1. The van der Waals surface area contributed by atoms with Crippen LogP contribution in [0.5, 0.6) is 0 Å². The van der Waals surface area contributed by atoms with Crippen LogP contribution in [-0.4, -0.2) is 26.2 Å². The molecule has 2 rings (SSSR count). The summed E-state index contributed by atoms with van der Waals surface area (Å²) >= 11 is 3.31. The van der Waals surface area contributed by atoms with Crippen molar-refractivity contribution in [3.05, 3.63) is 28.2 Å². The second-order valence-corrected chi connectivity index (χ2v) is 7.53. The Labute approximate surface area is 122 Å². The molecule has 2 atom stereocenters. The third kappa shape index (κ3) is 3.37. The molecule has 0 aliphatic heterocycles. The maximum absolute atomic E-state index is 12.2. The van der Waals surface area contributed by atoms with Gasteiger partial charge in [0.2, 0.25) is 10.0 Å². The largest absolute Gasteiger partial charge is 0.393 e. The summed E-state index contributed by atoms with van der Waals surface area (Å²) in [7, 11) is -3.53. The Morgan fingerprint density at radius 2 is 2.16 bits per heavy atom. The monoisotopic (exact) mass is 347 g/mol. The van der Waals surface area contributed by atoms with Crippen LogP contribution in [0.2, 0.25) is 0 Å². The Morgan fingerprint density at radius 3 is 2.79 bits per heavy atom. The highest BCUT2D eigenvalue weighted by molar-refractivity contribution is 9.10. The van der Waals surface area contributed by atoms with E-state index < -0.39 is 10.0 Å². The fourth-order valence-corrected chi connectivity index (χ4v) is 4.53. The van der Waals surface area contributed by atoms with Crippen molar-refractivity contribution in [1.82, 2.24) is 4.72 Å². The lowest BCUT2D eigenvalue weighted by Crippen LogP contribution is -2.32. The van der Waals surface area contributed by atoms with E-state index >= 15 is 0 Å². The van der Waals surface area contributed by atoms with E-state index in [0.717, 1.165) is 24.8 Å². The molecule has 0 aromatic heterocycles. The van der Waals surface area contributed by atoms with Gasteiger partial charge in [-0.15, -0.1) is 0 Å². The van der Waals surface area contributed by atoms with Gasteiger partial charge in [0.15, 0.2) is 0 Å². The molecule has 106 valence electrons. The molecule has 0 amide bonds. The average molecular weight is 348 g/mol. The summed E-state index contributed by atoms with van der Waals surface area (Å²) in [5, 5.41) is 9.71. The number of halogens is 1. The number of aliphatic hydroxyl groups is 1. The van der Waals surface area contributed by atoms with Gasteiger partial charge in [0.1, 0.15) is 0 Å². The van der Waals surface area contributed by atoms with Crippen molar-refractivity contribution in [2.45, 2.75) is 37.2 Å². The van der Waals surface area contributed by atoms with Crippen LogP contribution in [0.3, 0.4) is 0 Å². The Hall–Kier alpha value is -0.430. The fourth-order valence-electron chi connectivity index (χ4n) is 2.38. The highest BCUT2D eigenvalue weighted by Crippen LogP contribution is 2.27. The summed E-state index contributed by atoms with van der Waals surface area (Å²) in [6, 6.07) is 5.15. The zero-order valence-corrected chi connectivity index (χ0v) is 13.2. The summed E-state index contributed by atoms with van der Waals surface area (Å²) in [4.78, 5) is 0.250. The van der Waals surface area contributed by atoms with Crippen LogP contribution in [0.4, 0.5) is 0 Å². The van der Waals surface area contributed by atoms with Crippen molar-refractivity contribution in [3.8, 4) is 0 Å². The number of benzene rings is 1. The molecule has 1 aromatic carbocycles. The minimum absolute atomic E-state index is 0.0263. The van der Waals surface area contributed by atoms with Gasteiger partial charge in [0, 0.05) is 11.0 Å². The molecule has 6 heteroatoms. The lowest BCUT2D eigenvalue weighted by Gasteiger charge is -2.16. The number of rotatable bonds is 4. The summed E-state index contributed by atoms with van der Waals surface area (Å²) in [6.45, 7) is 2.15. The molecule has 2 N–H and O–H groups in total. The first kappa shape index (κ1) is 15.0. The van der Waals surface area contributed by atoms with E-state index in [1.807, 2.05) is 13.0 Å². The van der Waals surface area contributed by atoms with Gasteiger partial charge in [0.25, 0.3) is 0 Å². The molecule has 1 aliphatic carbocycles.